The van der Waals surface area contributed by atoms with Gasteiger partial charge in [-0.25, -0.2) is 0 Å². The number of rotatable bonds is 2. The molecular weight excluding hydrogens is 234 g/mol. The lowest BCUT2D eigenvalue weighted by molar-refractivity contribution is 0.383. The molecule has 1 aliphatic rings. The van der Waals surface area contributed by atoms with Crippen LogP contribution in [0.5, 0.6) is 0 Å². The predicted octanol–water partition coefficient (Wildman–Crippen LogP) is 2.39. The summed E-state index contributed by atoms with van der Waals surface area (Å²) in [4.78, 5) is 2.28. The maximum absolute atomic E-state index is 8.83. The summed E-state index contributed by atoms with van der Waals surface area (Å²) in [7, 11) is 0. The standard InChI is InChI=1S/C13H16ClN3/c1-13(8-16)4-5-17(9-13)11-3-2-10(7-15)12(14)6-11/h2-3,6H,4-5,8-9,16H2,1H3. The zero-order valence-electron chi connectivity index (χ0n) is 9.91. The molecule has 2 N–H and O–H groups in total. The molecule has 1 aromatic carbocycles. The van der Waals surface area contributed by atoms with Crippen LogP contribution in [0.4, 0.5) is 5.69 Å². The first-order valence-electron chi connectivity index (χ1n) is 5.73. The van der Waals surface area contributed by atoms with Crippen LogP contribution in [0.15, 0.2) is 18.2 Å². The second kappa shape index (κ2) is 4.56. The Hall–Kier alpha value is -1.24. The molecule has 1 heterocycles. The van der Waals surface area contributed by atoms with Gasteiger partial charge in [-0.1, -0.05) is 18.5 Å². The lowest BCUT2D eigenvalue weighted by Crippen LogP contribution is -2.31. The van der Waals surface area contributed by atoms with Gasteiger partial charge in [-0.05, 0) is 36.6 Å². The van der Waals surface area contributed by atoms with Crippen LogP contribution in [0.1, 0.15) is 18.9 Å². The molecule has 3 nitrogen and oxygen atoms in total. The molecule has 1 aliphatic heterocycles. The first-order chi connectivity index (χ1) is 8.08. The van der Waals surface area contributed by atoms with Crippen molar-refractivity contribution in [3.8, 4) is 6.07 Å². The Balaban J connectivity index is 2.20. The average Bonchev–Trinajstić information content (AvgIpc) is 2.73. The Morgan fingerprint density at radius 1 is 1.59 bits per heavy atom. The lowest BCUT2D eigenvalue weighted by atomic mass is 9.90. The summed E-state index contributed by atoms with van der Waals surface area (Å²) in [6.07, 6.45) is 1.10. The van der Waals surface area contributed by atoms with Gasteiger partial charge in [-0.2, -0.15) is 5.26 Å². The fourth-order valence-corrected chi connectivity index (χ4v) is 2.42. The predicted molar refractivity (Wildman–Crippen MR) is 70.2 cm³/mol. The number of nitriles is 1. The molecule has 0 saturated carbocycles. The molecule has 0 aliphatic carbocycles. The van der Waals surface area contributed by atoms with E-state index in [1.54, 1.807) is 6.07 Å². The van der Waals surface area contributed by atoms with Crippen LogP contribution in [0, 0.1) is 16.7 Å². The SMILES string of the molecule is CC1(CN)CCN(c2ccc(C#N)c(Cl)c2)C1. The van der Waals surface area contributed by atoms with Gasteiger partial charge in [0.1, 0.15) is 6.07 Å². The minimum Gasteiger partial charge on any atom is -0.371 e. The fraction of sp³-hybridized carbons (Fsp3) is 0.462. The number of nitrogens with zero attached hydrogens (tertiary/aromatic N) is 2. The maximum Gasteiger partial charge on any atom is 0.101 e. The number of benzene rings is 1. The number of hydrogen-bond acceptors (Lipinski definition) is 3. The van der Waals surface area contributed by atoms with E-state index >= 15 is 0 Å². The third-order valence-electron chi connectivity index (χ3n) is 3.49. The maximum atomic E-state index is 8.83. The molecule has 0 bridgehead atoms. The summed E-state index contributed by atoms with van der Waals surface area (Å²) in [5.74, 6) is 0. The molecule has 90 valence electrons. The third kappa shape index (κ3) is 2.38. The summed E-state index contributed by atoms with van der Waals surface area (Å²) in [5, 5.41) is 9.35. The highest BCUT2D eigenvalue weighted by atomic mass is 35.5. The number of halogens is 1. The fourth-order valence-electron chi connectivity index (χ4n) is 2.20. The van der Waals surface area contributed by atoms with E-state index in [0.29, 0.717) is 17.1 Å². The monoisotopic (exact) mass is 249 g/mol. The highest BCUT2D eigenvalue weighted by molar-refractivity contribution is 6.32. The molecule has 1 unspecified atom stereocenters. The molecule has 1 aromatic rings. The van der Waals surface area contributed by atoms with E-state index in [9.17, 15) is 0 Å². The van der Waals surface area contributed by atoms with Gasteiger partial charge in [0.25, 0.3) is 0 Å². The molecule has 0 amide bonds. The first kappa shape index (κ1) is 12.2. The van der Waals surface area contributed by atoms with Crippen molar-refractivity contribution in [2.75, 3.05) is 24.5 Å². The van der Waals surface area contributed by atoms with Crippen LogP contribution in [-0.2, 0) is 0 Å². The zero-order valence-corrected chi connectivity index (χ0v) is 10.7. The van der Waals surface area contributed by atoms with Crippen molar-refractivity contribution in [2.24, 2.45) is 11.1 Å². The van der Waals surface area contributed by atoms with Crippen molar-refractivity contribution in [2.45, 2.75) is 13.3 Å². The van der Waals surface area contributed by atoms with Crippen LogP contribution in [-0.4, -0.2) is 19.6 Å². The molecule has 4 heteroatoms. The highest BCUT2D eigenvalue weighted by Crippen LogP contribution is 2.33. The van der Waals surface area contributed by atoms with Crippen molar-refractivity contribution in [1.29, 1.82) is 5.26 Å². The van der Waals surface area contributed by atoms with Gasteiger partial charge < -0.3 is 10.6 Å². The summed E-state index contributed by atoms with van der Waals surface area (Å²) in [6, 6.07) is 7.66. The van der Waals surface area contributed by atoms with Crippen LogP contribution in [0.3, 0.4) is 0 Å². The van der Waals surface area contributed by atoms with Crippen molar-refractivity contribution in [1.82, 2.24) is 0 Å². The lowest BCUT2D eigenvalue weighted by Gasteiger charge is -2.24. The molecule has 2 rings (SSSR count). The van der Waals surface area contributed by atoms with Gasteiger partial charge in [-0.3, -0.25) is 0 Å². The van der Waals surface area contributed by atoms with E-state index in [1.807, 2.05) is 12.1 Å². The van der Waals surface area contributed by atoms with Gasteiger partial charge in [-0.15, -0.1) is 0 Å². The molecule has 1 fully saturated rings. The van der Waals surface area contributed by atoms with Gasteiger partial charge in [0.15, 0.2) is 0 Å². The Bertz CT molecular complexity index is 466. The average molecular weight is 250 g/mol. The number of hydrogen-bond donors (Lipinski definition) is 1. The summed E-state index contributed by atoms with van der Waals surface area (Å²) < 4.78 is 0. The normalized spacial score (nSPS) is 23.8. The summed E-state index contributed by atoms with van der Waals surface area (Å²) in [5.41, 5.74) is 7.58. The van der Waals surface area contributed by atoms with Crippen LogP contribution in [0.2, 0.25) is 5.02 Å². The van der Waals surface area contributed by atoms with Crippen LogP contribution in [0.25, 0.3) is 0 Å². The zero-order chi connectivity index (χ0) is 12.5. The summed E-state index contributed by atoms with van der Waals surface area (Å²) >= 11 is 6.04. The van der Waals surface area contributed by atoms with Crippen LogP contribution >= 0.6 is 11.6 Å². The van der Waals surface area contributed by atoms with Gasteiger partial charge in [0.2, 0.25) is 0 Å². The van der Waals surface area contributed by atoms with Crippen molar-refractivity contribution >= 4 is 17.3 Å². The molecular formula is C13H16ClN3. The Kier molecular flexibility index (Phi) is 3.28. The molecule has 1 saturated heterocycles. The molecule has 0 radical (unpaired) electrons. The van der Waals surface area contributed by atoms with E-state index in [2.05, 4.69) is 17.9 Å². The van der Waals surface area contributed by atoms with E-state index in [-0.39, 0.29) is 5.41 Å². The quantitative estimate of drug-likeness (QED) is 0.876. The summed E-state index contributed by atoms with van der Waals surface area (Å²) in [6.45, 7) is 4.85. The molecule has 17 heavy (non-hydrogen) atoms. The Labute approximate surface area is 107 Å². The topological polar surface area (TPSA) is 53.0 Å². The van der Waals surface area contributed by atoms with Crippen molar-refractivity contribution < 1.29 is 0 Å². The minimum atomic E-state index is 0.195. The van der Waals surface area contributed by atoms with E-state index in [0.717, 1.165) is 25.2 Å². The number of nitrogens with two attached hydrogens (primary N) is 1. The number of anilines is 1. The van der Waals surface area contributed by atoms with Crippen molar-refractivity contribution in [3.63, 3.8) is 0 Å². The second-order valence-corrected chi connectivity index (χ2v) is 5.37. The van der Waals surface area contributed by atoms with Crippen molar-refractivity contribution in [3.05, 3.63) is 28.8 Å². The molecule has 0 aromatic heterocycles. The van der Waals surface area contributed by atoms with E-state index in [1.165, 1.54) is 0 Å². The largest absolute Gasteiger partial charge is 0.371 e. The molecule has 1 atom stereocenters. The second-order valence-electron chi connectivity index (χ2n) is 4.96. The smallest absolute Gasteiger partial charge is 0.101 e. The minimum absolute atomic E-state index is 0.195. The van der Waals surface area contributed by atoms with Gasteiger partial charge in [0.05, 0.1) is 10.6 Å². The van der Waals surface area contributed by atoms with Gasteiger partial charge >= 0.3 is 0 Å². The first-order valence-corrected chi connectivity index (χ1v) is 6.10. The van der Waals surface area contributed by atoms with Crippen LogP contribution < -0.4 is 10.6 Å². The van der Waals surface area contributed by atoms with Gasteiger partial charge in [0, 0.05) is 18.8 Å². The Morgan fingerprint density at radius 2 is 2.35 bits per heavy atom. The van der Waals surface area contributed by atoms with E-state index in [4.69, 9.17) is 22.6 Å². The van der Waals surface area contributed by atoms with E-state index < -0.39 is 0 Å². The molecule has 0 spiro atoms. The highest BCUT2D eigenvalue weighted by Gasteiger charge is 2.32. The Morgan fingerprint density at radius 3 is 2.88 bits per heavy atom. The third-order valence-corrected chi connectivity index (χ3v) is 3.80.